The Labute approximate surface area is 351 Å². The first-order chi connectivity index (χ1) is 29.5. The summed E-state index contributed by atoms with van der Waals surface area (Å²) in [4.78, 5) is 4.83. The van der Waals surface area contributed by atoms with Crippen molar-refractivity contribution in [3.05, 3.63) is 236 Å². The second-order valence-corrected chi connectivity index (χ2v) is 16.2. The zero-order chi connectivity index (χ0) is 40.2. The van der Waals surface area contributed by atoms with Gasteiger partial charge in [0.2, 0.25) is 0 Å². The average molecular weight is 770 g/mol. The smallest absolute Gasteiger partial charge is 0.0541 e. The third-order valence-electron chi connectivity index (χ3n) is 12.4. The molecular formula is C57H43N3. The van der Waals surface area contributed by atoms with E-state index in [9.17, 15) is 0 Å². The van der Waals surface area contributed by atoms with Crippen LogP contribution in [0.15, 0.2) is 224 Å². The summed E-state index contributed by atoms with van der Waals surface area (Å²) in [7, 11) is 0. The van der Waals surface area contributed by atoms with Crippen LogP contribution in [0.25, 0.3) is 49.7 Å². The van der Waals surface area contributed by atoms with E-state index >= 15 is 0 Å². The third kappa shape index (κ3) is 5.89. The van der Waals surface area contributed by atoms with Crippen molar-refractivity contribution in [3.8, 4) is 27.9 Å². The minimum atomic E-state index is -0.186. The van der Waals surface area contributed by atoms with Crippen molar-refractivity contribution in [1.29, 1.82) is 0 Å². The second kappa shape index (κ2) is 14.3. The zero-order valence-corrected chi connectivity index (χ0v) is 33.7. The molecule has 1 aliphatic rings. The number of hydrogen-bond donors (Lipinski definition) is 0. The predicted octanol–water partition coefficient (Wildman–Crippen LogP) is 15.7. The lowest BCUT2D eigenvalue weighted by Crippen LogP contribution is -2.30. The van der Waals surface area contributed by atoms with E-state index < -0.39 is 0 Å². The number of anilines is 6. The van der Waals surface area contributed by atoms with Gasteiger partial charge in [0.15, 0.2) is 0 Å². The highest BCUT2D eigenvalue weighted by molar-refractivity contribution is 6.10. The zero-order valence-electron chi connectivity index (χ0n) is 33.7. The fraction of sp³-hybridized carbons (Fsp3) is 0.0526. The highest BCUT2D eigenvalue weighted by atomic mass is 15.2. The summed E-state index contributed by atoms with van der Waals surface area (Å²) in [5.74, 6) is 0. The Morgan fingerprint density at radius 3 is 1.55 bits per heavy atom. The quantitative estimate of drug-likeness (QED) is 0.160. The van der Waals surface area contributed by atoms with Gasteiger partial charge in [-0.3, -0.25) is 0 Å². The molecule has 0 saturated heterocycles. The van der Waals surface area contributed by atoms with Crippen molar-refractivity contribution in [2.45, 2.75) is 19.3 Å². The molecule has 0 radical (unpaired) electrons. The highest BCUT2D eigenvalue weighted by Crippen LogP contribution is 2.53. The molecule has 0 saturated carbocycles. The highest BCUT2D eigenvalue weighted by Gasteiger charge is 2.37. The molecule has 0 amide bonds. The van der Waals surface area contributed by atoms with E-state index in [2.05, 4.69) is 253 Å². The summed E-state index contributed by atoms with van der Waals surface area (Å²) < 4.78 is 2.37. The molecule has 0 atom stereocenters. The van der Waals surface area contributed by atoms with Crippen LogP contribution in [0.5, 0.6) is 0 Å². The van der Waals surface area contributed by atoms with E-state index in [1.165, 1.54) is 72.2 Å². The first kappa shape index (κ1) is 35.5. The lowest BCUT2D eigenvalue weighted by atomic mass is 9.73. The standard InChI is InChI=1S/C57H43N3/c1-57(2)51-23-13-15-25-55(51)60(45-20-10-5-11-21-45)56-39-48(35-36-52(56)57)58(46-31-26-41(27-32-46)40-16-6-3-7-17-40)47-33-28-42(29-34-47)43-30-37-54-50(38-43)49-22-12-14-24-53(49)59(54)44-18-8-4-9-19-44/h3-39H,1-2H3. The summed E-state index contributed by atoms with van der Waals surface area (Å²) in [5, 5.41) is 2.50. The molecular weight excluding hydrogens is 727 g/mol. The normalized spacial score (nSPS) is 12.9. The van der Waals surface area contributed by atoms with Crippen LogP contribution in [-0.4, -0.2) is 4.57 Å². The van der Waals surface area contributed by atoms with Crippen LogP contribution in [0.3, 0.4) is 0 Å². The molecule has 3 nitrogen and oxygen atoms in total. The van der Waals surface area contributed by atoms with Crippen LogP contribution in [0.2, 0.25) is 0 Å². The molecule has 2 heterocycles. The van der Waals surface area contributed by atoms with Gasteiger partial charge in [0.25, 0.3) is 0 Å². The van der Waals surface area contributed by atoms with Gasteiger partial charge in [-0.15, -0.1) is 0 Å². The van der Waals surface area contributed by atoms with Crippen LogP contribution in [-0.2, 0) is 5.41 Å². The first-order valence-electron chi connectivity index (χ1n) is 20.8. The SMILES string of the molecule is CC1(C)c2ccccc2N(c2ccccc2)c2cc(N(c3ccc(-c4ccccc4)cc3)c3ccc(-c4ccc5c(c4)c4ccccc4n5-c4ccccc4)cc3)ccc21. The number of nitrogens with zero attached hydrogens (tertiary/aromatic N) is 3. The molecule has 286 valence electrons. The third-order valence-corrected chi connectivity index (χ3v) is 12.4. The van der Waals surface area contributed by atoms with Gasteiger partial charge >= 0.3 is 0 Å². The molecule has 0 N–H and O–H groups in total. The molecule has 60 heavy (non-hydrogen) atoms. The van der Waals surface area contributed by atoms with Gasteiger partial charge in [-0.2, -0.15) is 0 Å². The molecule has 3 heteroatoms. The molecule has 0 fully saturated rings. The average Bonchev–Trinajstić information content (AvgIpc) is 3.64. The van der Waals surface area contributed by atoms with Gasteiger partial charge < -0.3 is 14.4 Å². The monoisotopic (exact) mass is 769 g/mol. The van der Waals surface area contributed by atoms with Crippen LogP contribution in [0.1, 0.15) is 25.0 Å². The van der Waals surface area contributed by atoms with E-state index in [4.69, 9.17) is 0 Å². The molecule has 0 aliphatic carbocycles. The molecule has 0 bridgehead atoms. The maximum absolute atomic E-state index is 2.43. The molecule has 10 aromatic rings. The van der Waals surface area contributed by atoms with Crippen LogP contribution in [0, 0.1) is 0 Å². The maximum Gasteiger partial charge on any atom is 0.0541 e. The van der Waals surface area contributed by atoms with Crippen molar-refractivity contribution in [2.75, 3.05) is 9.80 Å². The fourth-order valence-electron chi connectivity index (χ4n) is 9.39. The van der Waals surface area contributed by atoms with Crippen molar-refractivity contribution >= 4 is 55.9 Å². The van der Waals surface area contributed by atoms with Gasteiger partial charge in [0.1, 0.15) is 0 Å². The van der Waals surface area contributed by atoms with Gasteiger partial charge in [-0.05, 0) is 118 Å². The first-order valence-corrected chi connectivity index (χ1v) is 20.8. The summed E-state index contributed by atoms with van der Waals surface area (Å²) in [6.07, 6.45) is 0. The lowest BCUT2D eigenvalue weighted by Gasteiger charge is -2.42. The van der Waals surface area contributed by atoms with Crippen molar-refractivity contribution < 1.29 is 0 Å². The predicted molar refractivity (Wildman–Crippen MR) is 253 cm³/mol. The Kier molecular flexibility index (Phi) is 8.49. The van der Waals surface area contributed by atoms with E-state index in [1.54, 1.807) is 0 Å². The minimum absolute atomic E-state index is 0.186. The summed E-state index contributed by atoms with van der Waals surface area (Å²) >= 11 is 0. The summed E-state index contributed by atoms with van der Waals surface area (Å²) in [5.41, 5.74) is 17.6. The van der Waals surface area contributed by atoms with Crippen molar-refractivity contribution in [3.63, 3.8) is 0 Å². The maximum atomic E-state index is 2.43. The Hall–Kier alpha value is -7.62. The van der Waals surface area contributed by atoms with Crippen molar-refractivity contribution in [2.24, 2.45) is 0 Å². The van der Waals surface area contributed by atoms with E-state index in [-0.39, 0.29) is 5.41 Å². The van der Waals surface area contributed by atoms with E-state index in [0.717, 1.165) is 22.7 Å². The van der Waals surface area contributed by atoms with Gasteiger partial charge in [-0.1, -0.05) is 153 Å². The largest absolute Gasteiger partial charge is 0.310 e. The van der Waals surface area contributed by atoms with Gasteiger partial charge in [0, 0.05) is 44.6 Å². The number of fused-ring (bicyclic) bond motifs is 5. The number of para-hydroxylation sites is 4. The van der Waals surface area contributed by atoms with Gasteiger partial charge in [-0.25, -0.2) is 0 Å². The molecule has 9 aromatic carbocycles. The van der Waals surface area contributed by atoms with Crippen molar-refractivity contribution in [1.82, 2.24) is 4.57 Å². The van der Waals surface area contributed by atoms with Crippen LogP contribution in [0.4, 0.5) is 34.1 Å². The molecule has 0 spiro atoms. The molecule has 1 aliphatic heterocycles. The number of rotatable bonds is 7. The number of hydrogen-bond acceptors (Lipinski definition) is 2. The Morgan fingerprint density at radius 1 is 0.350 bits per heavy atom. The minimum Gasteiger partial charge on any atom is -0.310 e. The topological polar surface area (TPSA) is 11.4 Å². The molecule has 11 rings (SSSR count). The summed E-state index contributed by atoms with van der Waals surface area (Å²) in [6, 6.07) is 81.6. The van der Waals surface area contributed by atoms with Crippen LogP contribution >= 0.6 is 0 Å². The second-order valence-electron chi connectivity index (χ2n) is 16.2. The Morgan fingerprint density at radius 2 is 0.850 bits per heavy atom. The summed E-state index contributed by atoms with van der Waals surface area (Å²) in [6.45, 7) is 4.70. The molecule has 1 aromatic heterocycles. The fourth-order valence-corrected chi connectivity index (χ4v) is 9.39. The lowest BCUT2D eigenvalue weighted by molar-refractivity contribution is 0.632. The van der Waals surface area contributed by atoms with Gasteiger partial charge in [0.05, 0.1) is 22.4 Å². The number of benzene rings is 9. The van der Waals surface area contributed by atoms with E-state index in [0.29, 0.717) is 0 Å². The number of aromatic nitrogens is 1. The van der Waals surface area contributed by atoms with Crippen LogP contribution < -0.4 is 9.80 Å². The molecule has 0 unspecified atom stereocenters. The Balaban J connectivity index is 1.04. The Bertz CT molecular complexity index is 3150. The van der Waals surface area contributed by atoms with E-state index in [1.807, 2.05) is 0 Å².